The molecule has 2 atom stereocenters. The Kier molecular flexibility index (Phi) is 4.74. The first-order chi connectivity index (χ1) is 9.20. The van der Waals surface area contributed by atoms with Gasteiger partial charge in [-0.1, -0.05) is 12.8 Å². The van der Waals surface area contributed by atoms with Gasteiger partial charge in [0.2, 0.25) is 11.8 Å². The van der Waals surface area contributed by atoms with Gasteiger partial charge in [0.25, 0.3) is 0 Å². The van der Waals surface area contributed by atoms with E-state index in [9.17, 15) is 4.79 Å². The Labute approximate surface area is 113 Å². The second kappa shape index (κ2) is 6.52. The molecule has 1 fully saturated rings. The molecule has 1 amide bonds. The van der Waals surface area contributed by atoms with E-state index < -0.39 is 0 Å². The minimum Gasteiger partial charge on any atom is -0.478 e. The first-order valence-corrected chi connectivity index (χ1v) is 6.86. The van der Waals surface area contributed by atoms with Crippen molar-refractivity contribution in [3.05, 3.63) is 18.3 Å². The Bertz CT molecular complexity index is 419. The predicted molar refractivity (Wildman–Crippen MR) is 74.0 cm³/mol. The predicted octanol–water partition coefficient (Wildman–Crippen LogP) is 1.94. The number of nitrogens with one attached hydrogen (secondary N) is 1. The Morgan fingerprint density at radius 3 is 2.89 bits per heavy atom. The van der Waals surface area contributed by atoms with Gasteiger partial charge in [-0.05, 0) is 25.8 Å². The average Bonchev–Trinajstić information content (AvgIpc) is 2.42. The number of aromatic nitrogens is 1. The Hall–Kier alpha value is -1.62. The first-order valence-electron chi connectivity index (χ1n) is 6.86. The van der Waals surface area contributed by atoms with E-state index in [-0.39, 0.29) is 17.9 Å². The van der Waals surface area contributed by atoms with Crippen LogP contribution in [0.4, 0.5) is 5.69 Å². The number of nitrogens with two attached hydrogens (primary N) is 1. The summed E-state index contributed by atoms with van der Waals surface area (Å²) in [5.41, 5.74) is 6.69. The molecule has 1 aliphatic carbocycles. The van der Waals surface area contributed by atoms with Crippen LogP contribution in [0.5, 0.6) is 5.88 Å². The van der Waals surface area contributed by atoms with Gasteiger partial charge in [0.1, 0.15) is 0 Å². The van der Waals surface area contributed by atoms with E-state index >= 15 is 0 Å². The molecule has 0 aromatic carbocycles. The zero-order valence-electron chi connectivity index (χ0n) is 11.3. The second-order valence-electron chi connectivity index (χ2n) is 4.86. The first kappa shape index (κ1) is 13.8. The molecule has 5 heteroatoms. The van der Waals surface area contributed by atoms with Crippen molar-refractivity contribution in [1.29, 1.82) is 0 Å². The van der Waals surface area contributed by atoms with Crippen LogP contribution in [-0.4, -0.2) is 23.5 Å². The largest absolute Gasteiger partial charge is 0.478 e. The summed E-state index contributed by atoms with van der Waals surface area (Å²) in [5.74, 6) is 0.480. The number of ether oxygens (including phenoxy) is 1. The summed E-state index contributed by atoms with van der Waals surface area (Å²) in [6, 6.07) is 3.52. The fraction of sp³-hybridized carbons (Fsp3) is 0.571. The van der Waals surface area contributed by atoms with E-state index in [1.54, 1.807) is 18.3 Å². The van der Waals surface area contributed by atoms with Gasteiger partial charge in [-0.2, -0.15) is 0 Å². The molecule has 0 saturated heterocycles. The van der Waals surface area contributed by atoms with Crippen LogP contribution in [0.1, 0.15) is 32.6 Å². The number of carbonyl (C=O) groups excluding carboxylic acids is 1. The van der Waals surface area contributed by atoms with Crippen molar-refractivity contribution in [3.8, 4) is 5.88 Å². The fourth-order valence-electron chi connectivity index (χ4n) is 2.41. The summed E-state index contributed by atoms with van der Waals surface area (Å²) in [4.78, 5) is 16.3. The summed E-state index contributed by atoms with van der Waals surface area (Å²) in [6.45, 7) is 2.48. The van der Waals surface area contributed by atoms with Gasteiger partial charge >= 0.3 is 0 Å². The summed E-state index contributed by atoms with van der Waals surface area (Å²) in [6.07, 6.45) is 5.61. The molecular formula is C14H21N3O2. The molecular weight excluding hydrogens is 242 g/mol. The van der Waals surface area contributed by atoms with E-state index in [2.05, 4.69) is 10.3 Å². The molecule has 5 nitrogen and oxygen atoms in total. The number of hydrogen-bond donors (Lipinski definition) is 2. The minimum absolute atomic E-state index is 0.00170. The van der Waals surface area contributed by atoms with Crippen molar-refractivity contribution in [3.63, 3.8) is 0 Å². The maximum absolute atomic E-state index is 12.1. The van der Waals surface area contributed by atoms with E-state index in [0.29, 0.717) is 18.2 Å². The normalized spacial score (nSPS) is 22.8. The minimum atomic E-state index is -0.0830. The Morgan fingerprint density at radius 1 is 1.47 bits per heavy atom. The monoisotopic (exact) mass is 263 g/mol. The highest BCUT2D eigenvalue weighted by atomic mass is 16.5. The van der Waals surface area contributed by atoms with Crippen molar-refractivity contribution >= 4 is 11.6 Å². The molecule has 0 bridgehead atoms. The number of anilines is 1. The number of rotatable bonds is 4. The maximum atomic E-state index is 12.1. The summed E-state index contributed by atoms with van der Waals surface area (Å²) < 4.78 is 5.26. The van der Waals surface area contributed by atoms with Gasteiger partial charge in [-0.25, -0.2) is 4.98 Å². The number of nitrogens with zero attached hydrogens (tertiary/aromatic N) is 1. The van der Waals surface area contributed by atoms with Crippen molar-refractivity contribution in [1.82, 2.24) is 4.98 Å². The summed E-state index contributed by atoms with van der Waals surface area (Å²) in [7, 11) is 0. The summed E-state index contributed by atoms with van der Waals surface area (Å²) in [5, 5.41) is 2.87. The molecule has 104 valence electrons. The zero-order chi connectivity index (χ0) is 13.7. The molecule has 19 heavy (non-hydrogen) atoms. The molecule has 2 unspecified atom stereocenters. The van der Waals surface area contributed by atoms with Crippen LogP contribution in [0, 0.1) is 5.92 Å². The molecule has 3 N–H and O–H groups in total. The Balaban J connectivity index is 1.94. The van der Waals surface area contributed by atoms with Gasteiger partial charge in [0.15, 0.2) is 0 Å². The lowest BCUT2D eigenvalue weighted by Gasteiger charge is -2.27. The molecule has 1 heterocycles. The molecule has 1 aliphatic rings. The molecule has 0 spiro atoms. The molecule has 0 radical (unpaired) electrons. The molecule has 1 saturated carbocycles. The lowest BCUT2D eigenvalue weighted by molar-refractivity contribution is -0.121. The SMILES string of the molecule is CCOc1ccc(NC(=O)C2CCCCC2N)cn1. The quantitative estimate of drug-likeness (QED) is 0.870. The second-order valence-corrected chi connectivity index (χ2v) is 4.86. The van der Waals surface area contributed by atoms with Gasteiger partial charge in [-0.15, -0.1) is 0 Å². The van der Waals surface area contributed by atoms with E-state index in [0.717, 1.165) is 25.7 Å². The highest BCUT2D eigenvalue weighted by Gasteiger charge is 2.28. The van der Waals surface area contributed by atoms with Crippen molar-refractivity contribution in [2.75, 3.05) is 11.9 Å². The lowest BCUT2D eigenvalue weighted by atomic mass is 9.84. The van der Waals surface area contributed by atoms with Crippen molar-refractivity contribution in [2.45, 2.75) is 38.6 Å². The van der Waals surface area contributed by atoms with Gasteiger partial charge in [0, 0.05) is 12.1 Å². The Morgan fingerprint density at radius 2 is 2.26 bits per heavy atom. The van der Waals surface area contributed by atoms with E-state index in [4.69, 9.17) is 10.5 Å². The molecule has 1 aromatic rings. The third-order valence-electron chi connectivity index (χ3n) is 3.45. The van der Waals surface area contributed by atoms with Crippen LogP contribution in [-0.2, 0) is 4.79 Å². The maximum Gasteiger partial charge on any atom is 0.229 e. The number of amides is 1. The van der Waals surface area contributed by atoms with Crippen LogP contribution >= 0.6 is 0 Å². The van der Waals surface area contributed by atoms with E-state index in [1.807, 2.05) is 6.92 Å². The topological polar surface area (TPSA) is 77.2 Å². The lowest BCUT2D eigenvalue weighted by Crippen LogP contribution is -2.40. The molecule has 2 rings (SSSR count). The van der Waals surface area contributed by atoms with Crippen LogP contribution in [0.15, 0.2) is 18.3 Å². The zero-order valence-corrected chi connectivity index (χ0v) is 11.3. The van der Waals surface area contributed by atoms with Crippen molar-refractivity contribution in [2.24, 2.45) is 11.7 Å². The van der Waals surface area contributed by atoms with Gasteiger partial charge < -0.3 is 15.8 Å². The van der Waals surface area contributed by atoms with Gasteiger partial charge in [-0.3, -0.25) is 4.79 Å². The third-order valence-corrected chi connectivity index (χ3v) is 3.45. The van der Waals surface area contributed by atoms with Crippen LogP contribution in [0.3, 0.4) is 0 Å². The standard InChI is InChI=1S/C14H21N3O2/c1-2-19-13-8-7-10(9-16-13)17-14(18)11-5-3-4-6-12(11)15/h7-9,11-12H,2-6,15H2,1H3,(H,17,18). The average molecular weight is 263 g/mol. The van der Waals surface area contributed by atoms with E-state index in [1.165, 1.54) is 0 Å². The summed E-state index contributed by atoms with van der Waals surface area (Å²) >= 11 is 0. The van der Waals surface area contributed by atoms with Crippen molar-refractivity contribution < 1.29 is 9.53 Å². The number of hydrogen-bond acceptors (Lipinski definition) is 4. The number of carbonyl (C=O) groups is 1. The van der Waals surface area contributed by atoms with Crippen LogP contribution in [0.25, 0.3) is 0 Å². The molecule has 0 aliphatic heterocycles. The highest BCUT2D eigenvalue weighted by Crippen LogP contribution is 2.24. The fourth-order valence-corrected chi connectivity index (χ4v) is 2.41. The smallest absolute Gasteiger partial charge is 0.229 e. The van der Waals surface area contributed by atoms with Crippen LogP contribution in [0.2, 0.25) is 0 Å². The van der Waals surface area contributed by atoms with Crippen LogP contribution < -0.4 is 15.8 Å². The highest BCUT2D eigenvalue weighted by molar-refractivity contribution is 5.92. The third kappa shape index (κ3) is 3.67. The number of pyridine rings is 1. The van der Waals surface area contributed by atoms with Gasteiger partial charge in [0.05, 0.1) is 24.4 Å². The molecule has 1 aromatic heterocycles.